The summed E-state index contributed by atoms with van der Waals surface area (Å²) < 4.78 is 0. The predicted molar refractivity (Wildman–Crippen MR) is 51.0 cm³/mol. The summed E-state index contributed by atoms with van der Waals surface area (Å²) in [7, 11) is 0. The summed E-state index contributed by atoms with van der Waals surface area (Å²) in [5.74, 6) is 1.90. The number of hydrogen-bond donors (Lipinski definition) is 0. The van der Waals surface area contributed by atoms with Crippen LogP contribution in [0.4, 0.5) is 0 Å². The molecule has 0 N–H and O–H groups in total. The zero-order valence-corrected chi connectivity index (χ0v) is 8.68. The third-order valence-corrected chi connectivity index (χ3v) is 3.04. The lowest BCUT2D eigenvalue weighted by Gasteiger charge is -2.43. The van der Waals surface area contributed by atoms with Crippen LogP contribution in [0, 0.1) is 17.3 Å². The molecule has 0 radical (unpaired) electrons. The van der Waals surface area contributed by atoms with Gasteiger partial charge in [-0.15, -0.1) is 0 Å². The van der Waals surface area contributed by atoms with Crippen molar-refractivity contribution in [1.29, 1.82) is 0 Å². The molecule has 0 amide bonds. The summed E-state index contributed by atoms with van der Waals surface area (Å²) in [6.45, 7) is 8.58. The summed E-state index contributed by atoms with van der Waals surface area (Å²) in [4.78, 5) is 10.8. The van der Waals surface area contributed by atoms with Crippen LogP contribution < -0.4 is 0 Å². The van der Waals surface area contributed by atoms with Gasteiger partial charge >= 0.3 is 0 Å². The van der Waals surface area contributed by atoms with Crippen LogP contribution in [0.25, 0.3) is 0 Å². The Labute approximate surface area is 75.5 Å². The number of hydrogen-bond acceptors (Lipinski definition) is 1. The Hall–Kier alpha value is -0.330. The molecule has 1 heteroatoms. The largest absolute Gasteiger partial charge is 0.300 e. The average Bonchev–Trinajstić information content (AvgIpc) is 1.73. The molecule has 1 nitrogen and oxygen atoms in total. The molecule has 0 bridgehead atoms. The first-order chi connectivity index (χ1) is 5.39. The first-order valence-corrected chi connectivity index (χ1v) is 4.89. The maximum Gasteiger partial charge on any atom is 0.130 e. The molecule has 0 unspecified atom stereocenters. The summed E-state index contributed by atoms with van der Waals surface area (Å²) in [5, 5.41) is 0. The van der Waals surface area contributed by atoms with Crippen molar-refractivity contribution in [2.24, 2.45) is 17.3 Å². The van der Waals surface area contributed by atoms with E-state index in [1.807, 2.05) is 0 Å². The molecule has 1 aliphatic carbocycles. The van der Waals surface area contributed by atoms with Crippen molar-refractivity contribution in [1.82, 2.24) is 0 Å². The van der Waals surface area contributed by atoms with E-state index < -0.39 is 0 Å². The fraction of sp³-hybridized carbons (Fsp3) is 0.909. The lowest BCUT2D eigenvalue weighted by atomic mass is 9.62. The Morgan fingerprint density at radius 3 is 2.17 bits per heavy atom. The van der Waals surface area contributed by atoms with Crippen LogP contribution >= 0.6 is 0 Å². The van der Waals surface area contributed by atoms with E-state index >= 15 is 0 Å². The number of carbonyl (C=O) groups excluding carboxylic acids is 1. The van der Waals surface area contributed by atoms with Gasteiger partial charge in [0.2, 0.25) is 0 Å². The van der Waals surface area contributed by atoms with Gasteiger partial charge in [0.1, 0.15) is 5.78 Å². The average molecular weight is 168 g/mol. The Morgan fingerprint density at radius 2 is 1.83 bits per heavy atom. The fourth-order valence-corrected chi connectivity index (χ4v) is 2.02. The zero-order valence-electron chi connectivity index (χ0n) is 8.68. The standard InChI is InChI=1S/C11H20O/c1-8(12)5-9-6-10(7-9)11(2,3)4/h9-10H,5-7H2,1-4H3. The SMILES string of the molecule is CC(=O)CC1CC(C(C)(C)C)C1. The smallest absolute Gasteiger partial charge is 0.130 e. The molecule has 0 aliphatic heterocycles. The number of rotatable bonds is 2. The minimum Gasteiger partial charge on any atom is -0.300 e. The third-order valence-electron chi connectivity index (χ3n) is 3.04. The van der Waals surface area contributed by atoms with Crippen molar-refractivity contribution in [3.63, 3.8) is 0 Å². The molecule has 12 heavy (non-hydrogen) atoms. The molecule has 0 aromatic heterocycles. The van der Waals surface area contributed by atoms with E-state index in [0.29, 0.717) is 17.1 Å². The second kappa shape index (κ2) is 3.20. The molecule has 1 aliphatic rings. The molecular weight excluding hydrogens is 148 g/mol. The summed E-state index contributed by atoms with van der Waals surface area (Å²) >= 11 is 0. The Balaban J connectivity index is 2.25. The third kappa shape index (κ3) is 2.33. The Kier molecular flexibility index (Phi) is 2.60. The second-order valence-electron chi connectivity index (χ2n) is 5.31. The first kappa shape index (κ1) is 9.76. The van der Waals surface area contributed by atoms with Crippen LogP contribution in [0.3, 0.4) is 0 Å². The number of carbonyl (C=O) groups is 1. The van der Waals surface area contributed by atoms with Gasteiger partial charge < -0.3 is 4.79 Å². The monoisotopic (exact) mass is 168 g/mol. The van der Waals surface area contributed by atoms with Crippen molar-refractivity contribution < 1.29 is 4.79 Å². The maximum absolute atomic E-state index is 10.8. The second-order valence-corrected chi connectivity index (χ2v) is 5.31. The van der Waals surface area contributed by atoms with Gasteiger partial charge in [0.05, 0.1) is 0 Å². The highest BCUT2D eigenvalue weighted by Crippen LogP contribution is 2.46. The molecule has 1 fully saturated rings. The Morgan fingerprint density at radius 1 is 1.33 bits per heavy atom. The maximum atomic E-state index is 10.8. The lowest BCUT2D eigenvalue weighted by molar-refractivity contribution is -0.119. The molecule has 0 aromatic rings. The lowest BCUT2D eigenvalue weighted by Crippen LogP contribution is -2.34. The van der Waals surface area contributed by atoms with Crippen molar-refractivity contribution in [3.05, 3.63) is 0 Å². The van der Waals surface area contributed by atoms with E-state index in [0.717, 1.165) is 12.3 Å². The van der Waals surface area contributed by atoms with Crippen molar-refractivity contribution in [3.8, 4) is 0 Å². The van der Waals surface area contributed by atoms with Gasteiger partial charge in [-0.05, 0) is 37.0 Å². The molecule has 0 aromatic carbocycles. The minimum absolute atomic E-state index is 0.354. The molecular formula is C11H20O. The molecule has 0 atom stereocenters. The van der Waals surface area contributed by atoms with Crippen LogP contribution in [0.5, 0.6) is 0 Å². The zero-order chi connectivity index (χ0) is 9.35. The van der Waals surface area contributed by atoms with E-state index in [1.165, 1.54) is 12.8 Å². The van der Waals surface area contributed by atoms with Gasteiger partial charge in [0.25, 0.3) is 0 Å². The molecule has 0 saturated heterocycles. The van der Waals surface area contributed by atoms with Crippen molar-refractivity contribution in [2.75, 3.05) is 0 Å². The molecule has 70 valence electrons. The number of Topliss-reactive ketones (excluding diaryl/α,β-unsaturated/α-hetero) is 1. The highest BCUT2D eigenvalue weighted by molar-refractivity contribution is 5.75. The highest BCUT2D eigenvalue weighted by Gasteiger charge is 2.37. The Bertz CT molecular complexity index is 170. The molecule has 1 saturated carbocycles. The van der Waals surface area contributed by atoms with E-state index in [-0.39, 0.29) is 0 Å². The van der Waals surface area contributed by atoms with Gasteiger partial charge in [0.15, 0.2) is 0 Å². The van der Waals surface area contributed by atoms with Crippen LogP contribution in [0.1, 0.15) is 47.0 Å². The molecule has 0 spiro atoms. The van der Waals surface area contributed by atoms with Crippen LogP contribution in [0.2, 0.25) is 0 Å². The molecule has 0 heterocycles. The van der Waals surface area contributed by atoms with Gasteiger partial charge in [-0.1, -0.05) is 20.8 Å². The molecule has 1 rings (SSSR count). The predicted octanol–water partition coefficient (Wildman–Crippen LogP) is 3.04. The van der Waals surface area contributed by atoms with Crippen LogP contribution in [0.15, 0.2) is 0 Å². The van der Waals surface area contributed by atoms with E-state index in [4.69, 9.17) is 0 Å². The minimum atomic E-state index is 0.354. The van der Waals surface area contributed by atoms with Gasteiger partial charge in [-0.2, -0.15) is 0 Å². The van der Waals surface area contributed by atoms with E-state index in [1.54, 1.807) is 6.92 Å². The van der Waals surface area contributed by atoms with Gasteiger partial charge in [-0.3, -0.25) is 0 Å². The quantitative estimate of drug-likeness (QED) is 0.619. The van der Waals surface area contributed by atoms with E-state index in [2.05, 4.69) is 20.8 Å². The highest BCUT2D eigenvalue weighted by atomic mass is 16.1. The van der Waals surface area contributed by atoms with Crippen LogP contribution in [-0.4, -0.2) is 5.78 Å². The first-order valence-electron chi connectivity index (χ1n) is 4.89. The summed E-state index contributed by atoms with van der Waals surface area (Å²) in [6.07, 6.45) is 3.35. The van der Waals surface area contributed by atoms with Gasteiger partial charge in [-0.25, -0.2) is 0 Å². The van der Waals surface area contributed by atoms with Crippen LogP contribution in [-0.2, 0) is 4.79 Å². The number of ketones is 1. The van der Waals surface area contributed by atoms with Crippen molar-refractivity contribution >= 4 is 5.78 Å². The topological polar surface area (TPSA) is 17.1 Å². The van der Waals surface area contributed by atoms with Gasteiger partial charge in [0, 0.05) is 6.42 Å². The van der Waals surface area contributed by atoms with Crippen molar-refractivity contribution in [2.45, 2.75) is 47.0 Å². The fourth-order valence-electron chi connectivity index (χ4n) is 2.02. The normalized spacial score (nSPS) is 29.7. The van der Waals surface area contributed by atoms with E-state index in [9.17, 15) is 4.79 Å². The summed E-state index contributed by atoms with van der Waals surface area (Å²) in [5.41, 5.74) is 0.452. The summed E-state index contributed by atoms with van der Waals surface area (Å²) in [6, 6.07) is 0.